The number of anilines is 1. The number of nitrogens with zero attached hydrogens (tertiary/aromatic N) is 5. The molecule has 8 nitrogen and oxygen atoms in total. The monoisotopic (exact) mass is 378 g/mol. The van der Waals surface area contributed by atoms with Crippen molar-refractivity contribution in [3.63, 3.8) is 0 Å². The van der Waals surface area contributed by atoms with Crippen LogP contribution in [0.25, 0.3) is 11.3 Å². The second-order valence-electron chi connectivity index (χ2n) is 6.77. The van der Waals surface area contributed by atoms with Crippen LogP contribution in [0.5, 0.6) is 0 Å². The molecule has 1 aliphatic heterocycles. The second kappa shape index (κ2) is 8.16. The SMILES string of the molecule is CCc1cc(N2CCC(NC(=O)c3cc(-c4cccnc4)on3)CC2)ncn1. The number of hydrogen-bond donors (Lipinski definition) is 1. The summed E-state index contributed by atoms with van der Waals surface area (Å²) in [5, 5.41) is 6.96. The summed E-state index contributed by atoms with van der Waals surface area (Å²) in [6.07, 6.45) is 7.57. The molecule has 0 saturated carbocycles. The van der Waals surface area contributed by atoms with Crippen LogP contribution in [0.3, 0.4) is 0 Å². The molecule has 1 fully saturated rings. The van der Waals surface area contributed by atoms with Gasteiger partial charge in [-0.15, -0.1) is 0 Å². The largest absolute Gasteiger partial charge is 0.356 e. The molecule has 1 N–H and O–H groups in total. The van der Waals surface area contributed by atoms with Crippen LogP contribution in [0.4, 0.5) is 5.82 Å². The van der Waals surface area contributed by atoms with Gasteiger partial charge in [0.25, 0.3) is 5.91 Å². The van der Waals surface area contributed by atoms with Gasteiger partial charge in [-0.3, -0.25) is 9.78 Å². The summed E-state index contributed by atoms with van der Waals surface area (Å²) in [6.45, 7) is 3.76. The Balaban J connectivity index is 1.33. The molecule has 0 atom stereocenters. The Bertz CT molecular complexity index is 935. The molecule has 1 aliphatic rings. The number of nitrogens with one attached hydrogen (secondary N) is 1. The summed E-state index contributed by atoms with van der Waals surface area (Å²) < 4.78 is 5.28. The van der Waals surface area contributed by atoms with E-state index in [2.05, 4.69) is 37.2 Å². The van der Waals surface area contributed by atoms with Gasteiger partial charge in [0.2, 0.25) is 0 Å². The van der Waals surface area contributed by atoms with Crippen LogP contribution >= 0.6 is 0 Å². The van der Waals surface area contributed by atoms with Crippen molar-refractivity contribution in [2.45, 2.75) is 32.2 Å². The molecule has 0 aromatic carbocycles. The first-order chi connectivity index (χ1) is 13.7. The maximum Gasteiger partial charge on any atom is 0.273 e. The molecule has 0 spiro atoms. The molecular weight excluding hydrogens is 356 g/mol. The van der Waals surface area contributed by atoms with Crippen LogP contribution in [0, 0.1) is 0 Å². The minimum atomic E-state index is -0.215. The first kappa shape index (κ1) is 18.1. The molecule has 0 radical (unpaired) electrons. The van der Waals surface area contributed by atoms with Gasteiger partial charge in [0.15, 0.2) is 11.5 Å². The Kier molecular flexibility index (Phi) is 5.27. The van der Waals surface area contributed by atoms with Crippen LogP contribution in [-0.2, 0) is 6.42 Å². The molecule has 4 heterocycles. The third-order valence-electron chi connectivity index (χ3n) is 4.91. The van der Waals surface area contributed by atoms with Gasteiger partial charge in [-0.05, 0) is 31.4 Å². The molecule has 8 heteroatoms. The Hall–Kier alpha value is -3.29. The number of piperidine rings is 1. The Morgan fingerprint density at radius 2 is 2.14 bits per heavy atom. The van der Waals surface area contributed by atoms with Crippen molar-refractivity contribution in [1.82, 2.24) is 25.4 Å². The number of carbonyl (C=O) groups excluding carboxylic acids is 1. The molecular formula is C20H22N6O2. The van der Waals surface area contributed by atoms with E-state index in [0.717, 1.165) is 49.4 Å². The summed E-state index contributed by atoms with van der Waals surface area (Å²) in [5.74, 6) is 1.27. The van der Waals surface area contributed by atoms with E-state index in [9.17, 15) is 4.79 Å². The Labute approximate surface area is 163 Å². The van der Waals surface area contributed by atoms with Crippen molar-refractivity contribution in [3.05, 3.63) is 54.4 Å². The molecule has 3 aromatic heterocycles. The second-order valence-corrected chi connectivity index (χ2v) is 6.77. The van der Waals surface area contributed by atoms with Crippen molar-refractivity contribution in [2.75, 3.05) is 18.0 Å². The lowest BCUT2D eigenvalue weighted by Crippen LogP contribution is -2.45. The van der Waals surface area contributed by atoms with E-state index >= 15 is 0 Å². The fraction of sp³-hybridized carbons (Fsp3) is 0.350. The average molecular weight is 378 g/mol. The van der Waals surface area contributed by atoms with E-state index in [1.165, 1.54) is 0 Å². The van der Waals surface area contributed by atoms with Gasteiger partial charge in [-0.2, -0.15) is 0 Å². The van der Waals surface area contributed by atoms with Crippen molar-refractivity contribution in [3.8, 4) is 11.3 Å². The van der Waals surface area contributed by atoms with E-state index in [4.69, 9.17) is 4.52 Å². The summed E-state index contributed by atoms with van der Waals surface area (Å²) >= 11 is 0. The van der Waals surface area contributed by atoms with Crippen molar-refractivity contribution in [2.24, 2.45) is 0 Å². The molecule has 4 rings (SSSR count). The summed E-state index contributed by atoms with van der Waals surface area (Å²) in [5.41, 5.74) is 2.11. The van der Waals surface area contributed by atoms with Gasteiger partial charge in [0.05, 0.1) is 0 Å². The molecule has 0 unspecified atom stereocenters. The lowest BCUT2D eigenvalue weighted by Gasteiger charge is -2.33. The molecule has 0 aliphatic carbocycles. The van der Waals surface area contributed by atoms with Gasteiger partial charge >= 0.3 is 0 Å². The molecule has 28 heavy (non-hydrogen) atoms. The predicted molar refractivity (Wildman–Crippen MR) is 104 cm³/mol. The summed E-state index contributed by atoms with van der Waals surface area (Å²) in [4.78, 5) is 27.4. The number of aryl methyl sites for hydroxylation is 1. The number of amides is 1. The van der Waals surface area contributed by atoms with Crippen molar-refractivity contribution < 1.29 is 9.32 Å². The molecule has 1 saturated heterocycles. The zero-order chi connectivity index (χ0) is 19.3. The van der Waals surface area contributed by atoms with Gasteiger partial charge in [-0.25, -0.2) is 9.97 Å². The van der Waals surface area contributed by atoms with Gasteiger partial charge in [0.1, 0.15) is 12.1 Å². The molecule has 3 aromatic rings. The van der Waals surface area contributed by atoms with Crippen LogP contribution in [0.15, 0.2) is 47.5 Å². The van der Waals surface area contributed by atoms with Gasteiger partial charge < -0.3 is 14.7 Å². The van der Waals surface area contributed by atoms with E-state index < -0.39 is 0 Å². The van der Waals surface area contributed by atoms with Gasteiger partial charge in [0, 0.05) is 54.9 Å². The highest BCUT2D eigenvalue weighted by atomic mass is 16.5. The van der Waals surface area contributed by atoms with Crippen LogP contribution < -0.4 is 10.2 Å². The van der Waals surface area contributed by atoms with E-state index in [-0.39, 0.29) is 17.6 Å². The predicted octanol–water partition coefficient (Wildman–Crippen LogP) is 2.49. The normalized spacial score (nSPS) is 14.8. The van der Waals surface area contributed by atoms with Crippen LogP contribution in [0.2, 0.25) is 0 Å². The highest BCUT2D eigenvalue weighted by molar-refractivity contribution is 5.93. The number of pyridine rings is 1. The standard InChI is InChI=1S/C20H22N6O2/c1-2-15-10-19(23-13-22-15)26-8-5-16(6-9-26)24-20(27)17-11-18(28-25-17)14-4-3-7-21-12-14/h3-4,7,10-13,16H,2,5-6,8-9H2,1H3,(H,24,27). The molecule has 0 bridgehead atoms. The number of hydrogen-bond acceptors (Lipinski definition) is 7. The third kappa shape index (κ3) is 4.00. The fourth-order valence-corrected chi connectivity index (χ4v) is 3.29. The fourth-order valence-electron chi connectivity index (χ4n) is 3.29. The van der Waals surface area contributed by atoms with E-state index in [0.29, 0.717) is 5.76 Å². The van der Waals surface area contributed by atoms with Crippen LogP contribution in [-0.4, -0.2) is 45.1 Å². The maximum atomic E-state index is 12.5. The van der Waals surface area contributed by atoms with E-state index in [1.807, 2.05) is 18.2 Å². The third-order valence-corrected chi connectivity index (χ3v) is 4.91. The topological polar surface area (TPSA) is 97.0 Å². The zero-order valence-corrected chi connectivity index (χ0v) is 15.7. The summed E-state index contributed by atoms with van der Waals surface area (Å²) in [6, 6.07) is 7.46. The quantitative estimate of drug-likeness (QED) is 0.728. The minimum Gasteiger partial charge on any atom is -0.356 e. The van der Waals surface area contributed by atoms with Gasteiger partial charge in [-0.1, -0.05) is 12.1 Å². The molecule has 1 amide bonds. The van der Waals surface area contributed by atoms with Crippen molar-refractivity contribution >= 4 is 11.7 Å². The van der Waals surface area contributed by atoms with Crippen LogP contribution in [0.1, 0.15) is 35.9 Å². The maximum absolute atomic E-state index is 12.5. The average Bonchev–Trinajstić information content (AvgIpc) is 3.25. The first-order valence-electron chi connectivity index (χ1n) is 9.47. The zero-order valence-electron chi connectivity index (χ0n) is 15.7. The number of carbonyl (C=O) groups is 1. The molecule has 144 valence electrons. The minimum absolute atomic E-state index is 0.106. The number of rotatable bonds is 5. The summed E-state index contributed by atoms with van der Waals surface area (Å²) in [7, 11) is 0. The Morgan fingerprint density at radius 1 is 1.29 bits per heavy atom. The lowest BCUT2D eigenvalue weighted by molar-refractivity contribution is 0.0922. The van der Waals surface area contributed by atoms with E-state index in [1.54, 1.807) is 24.8 Å². The highest BCUT2D eigenvalue weighted by Crippen LogP contribution is 2.21. The first-order valence-corrected chi connectivity index (χ1v) is 9.47. The number of aromatic nitrogens is 4. The smallest absolute Gasteiger partial charge is 0.273 e. The van der Waals surface area contributed by atoms with Crippen molar-refractivity contribution in [1.29, 1.82) is 0 Å². The Morgan fingerprint density at radius 3 is 2.89 bits per heavy atom. The lowest BCUT2D eigenvalue weighted by atomic mass is 10.0. The highest BCUT2D eigenvalue weighted by Gasteiger charge is 2.23.